The molecule has 114 valence electrons. The molecule has 0 fully saturated rings. The largest absolute Gasteiger partial charge is 0.425 e. The SMILES string of the molecule is Cc1nnc(CSc2nnc(Cc3c(F)cccc3Cl)o2)o1. The molecule has 6 nitrogen and oxygen atoms in total. The van der Waals surface area contributed by atoms with Gasteiger partial charge in [-0.2, -0.15) is 0 Å². The van der Waals surface area contributed by atoms with Crippen LogP contribution in [0.25, 0.3) is 0 Å². The highest BCUT2D eigenvalue weighted by atomic mass is 35.5. The quantitative estimate of drug-likeness (QED) is 0.658. The van der Waals surface area contributed by atoms with Gasteiger partial charge in [-0.3, -0.25) is 0 Å². The molecule has 0 amide bonds. The fraction of sp³-hybridized carbons (Fsp3) is 0.231. The van der Waals surface area contributed by atoms with Crippen molar-refractivity contribution in [3.63, 3.8) is 0 Å². The molecule has 0 unspecified atom stereocenters. The van der Waals surface area contributed by atoms with Gasteiger partial charge in [0.25, 0.3) is 5.22 Å². The Labute approximate surface area is 134 Å². The fourth-order valence-corrected chi connectivity index (χ4v) is 2.59. The van der Waals surface area contributed by atoms with Crippen molar-refractivity contribution in [2.24, 2.45) is 0 Å². The number of aryl methyl sites for hydroxylation is 1. The molecule has 0 saturated heterocycles. The number of thioether (sulfide) groups is 1. The summed E-state index contributed by atoms with van der Waals surface area (Å²) in [5, 5.41) is 16.0. The molecule has 0 N–H and O–H groups in total. The number of halogens is 2. The zero-order chi connectivity index (χ0) is 15.5. The van der Waals surface area contributed by atoms with Crippen LogP contribution in [-0.4, -0.2) is 20.4 Å². The van der Waals surface area contributed by atoms with Crippen LogP contribution in [0.2, 0.25) is 5.02 Å². The van der Waals surface area contributed by atoms with E-state index in [1.165, 1.54) is 17.8 Å². The molecule has 0 aliphatic rings. The normalized spacial score (nSPS) is 11.0. The third kappa shape index (κ3) is 3.45. The van der Waals surface area contributed by atoms with Crippen LogP contribution in [0, 0.1) is 12.7 Å². The van der Waals surface area contributed by atoms with Gasteiger partial charge in [0.15, 0.2) is 0 Å². The molecule has 0 aliphatic heterocycles. The Morgan fingerprint density at radius 3 is 2.68 bits per heavy atom. The van der Waals surface area contributed by atoms with E-state index in [9.17, 15) is 4.39 Å². The summed E-state index contributed by atoms with van der Waals surface area (Å²) in [6.07, 6.45) is 0.138. The van der Waals surface area contributed by atoms with Crippen LogP contribution in [0.5, 0.6) is 0 Å². The number of rotatable bonds is 5. The van der Waals surface area contributed by atoms with Crippen molar-refractivity contribution in [2.75, 3.05) is 0 Å². The van der Waals surface area contributed by atoms with Gasteiger partial charge >= 0.3 is 0 Å². The molecule has 1 aromatic carbocycles. The molecule has 22 heavy (non-hydrogen) atoms. The Bertz CT molecular complexity index is 772. The third-order valence-corrected chi connectivity index (χ3v) is 3.88. The summed E-state index contributed by atoms with van der Waals surface area (Å²) in [7, 11) is 0. The summed E-state index contributed by atoms with van der Waals surface area (Å²) >= 11 is 7.23. The summed E-state index contributed by atoms with van der Waals surface area (Å²) < 4.78 is 24.4. The van der Waals surface area contributed by atoms with Crippen LogP contribution in [0.1, 0.15) is 23.2 Å². The molecule has 2 aromatic heterocycles. The smallest absolute Gasteiger partial charge is 0.277 e. The molecule has 0 atom stereocenters. The Hall–Kier alpha value is -1.93. The lowest BCUT2D eigenvalue weighted by molar-refractivity contribution is 0.417. The predicted molar refractivity (Wildman–Crippen MR) is 77.1 cm³/mol. The van der Waals surface area contributed by atoms with E-state index in [4.69, 9.17) is 20.4 Å². The van der Waals surface area contributed by atoms with Crippen molar-refractivity contribution in [3.05, 3.63) is 52.3 Å². The number of benzene rings is 1. The third-order valence-electron chi connectivity index (χ3n) is 2.72. The minimum absolute atomic E-state index is 0.138. The van der Waals surface area contributed by atoms with E-state index in [2.05, 4.69) is 20.4 Å². The van der Waals surface area contributed by atoms with E-state index in [0.717, 1.165) is 0 Å². The Morgan fingerprint density at radius 1 is 1.14 bits per heavy atom. The minimum atomic E-state index is -0.402. The average molecular weight is 341 g/mol. The highest BCUT2D eigenvalue weighted by Gasteiger charge is 2.14. The highest BCUT2D eigenvalue weighted by Crippen LogP contribution is 2.25. The van der Waals surface area contributed by atoms with E-state index in [1.54, 1.807) is 19.1 Å². The summed E-state index contributed by atoms with van der Waals surface area (Å²) in [5.74, 6) is 1.27. The first kappa shape index (κ1) is 15.0. The fourth-order valence-electron chi connectivity index (χ4n) is 1.74. The van der Waals surface area contributed by atoms with Gasteiger partial charge in [0.1, 0.15) is 5.82 Å². The number of hydrogen-bond acceptors (Lipinski definition) is 7. The van der Waals surface area contributed by atoms with Gasteiger partial charge in [0, 0.05) is 17.5 Å². The molecule has 0 spiro atoms. The molecule has 3 aromatic rings. The number of aromatic nitrogens is 4. The summed E-state index contributed by atoms with van der Waals surface area (Å²) in [6.45, 7) is 1.71. The summed E-state index contributed by atoms with van der Waals surface area (Å²) in [4.78, 5) is 0. The van der Waals surface area contributed by atoms with Crippen LogP contribution in [0.15, 0.2) is 32.3 Å². The van der Waals surface area contributed by atoms with Crippen molar-refractivity contribution in [3.8, 4) is 0 Å². The first-order valence-corrected chi connectivity index (χ1v) is 7.65. The monoisotopic (exact) mass is 340 g/mol. The average Bonchev–Trinajstić information content (AvgIpc) is 3.10. The van der Waals surface area contributed by atoms with Gasteiger partial charge in [-0.05, 0) is 12.1 Å². The second-order valence-electron chi connectivity index (χ2n) is 4.34. The molecular weight excluding hydrogens is 331 g/mol. The summed E-state index contributed by atoms with van der Waals surface area (Å²) in [6, 6.07) is 4.50. The predicted octanol–water partition coefficient (Wildman–Crippen LogP) is 3.44. The van der Waals surface area contributed by atoms with Crippen LogP contribution in [0.3, 0.4) is 0 Å². The lowest BCUT2D eigenvalue weighted by atomic mass is 10.1. The standard InChI is InChI=1S/C13H10ClFN4O2S/c1-7-16-18-12(20-7)6-22-13-19-17-11(21-13)5-8-9(14)3-2-4-10(8)15/h2-4H,5-6H2,1H3. The van der Waals surface area contributed by atoms with Crippen molar-refractivity contribution in [2.45, 2.75) is 24.3 Å². The van der Waals surface area contributed by atoms with Gasteiger partial charge in [-0.25, -0.2) is 4.39 Å². The Kier molecular flexibility index (Phi) is 4.39. The van der Waals surface area contributed by atoms with Crippen LogP contribution >= 0.6 is 23.4 Å². The second-order valence-corrected chi connectivity index (χ2v) is 5.68. The van der Waals surface area contributed by atoms with Gasteiger partial charge in [0.05, 0.1) is 12.2 Å². The van der Waals surface area contributed by atoms with Crippen LogP contribution in [-0.2, 0) is 12.2 Å². The van der Waals surface area contributed by atoms with Gasteiger partial charge in [0.2, 0.25) is 17.7 Å². The number of hydrogen-bond donors (Lipinski definition) is 0. The zero-order valence-corrected chi connectivity index (χ0v) is 13.0. The molecular formula is C13H10ClFN4O2S. The topological polar surface area (TPSA) is 77.8 Å². The van der Waals surface area contributed by atoms with E-state index < -0.39 is 5.82 Å². The second kappa shape index (κ2) is 6.45. The van der Waals surface area contributed by atoms with E-state index in [-0.39, 0.29) is 12.3 Å². The maximum atomic E-state index is 13.7. The first-order chi connectivity index (χ1) is 10.6. The first-order valence-electron chi connectivity index (χ1n) is 6.29. The van der Waals surface area contributed by atoms with Crippen molar-refractivity contribution >= 4 is 23.4 Å². The maximum Gasteiger partial charge on any atom is 0.277 e. The molecule has 0 bridgehead atoms. The Morgan fingerprint density at radius 2 is 1.95 bits per heavy atom. The lowest BCUT2D eigenvalue weighted by Gasteiger charge is -2.01. The summed E-state index contributed by atoms with van der Waals surface area (Å²) in [5.41, 5.74) is 0.330. The van der Waals surface area contributed by atoms with E-state index in [0.29, 0.717) is 33.3 Å². The molecule has 2 heterocycles. The van der Waals surface area contributed by atoms with Gasteiger partial charge in [-0.15, -0.1) is 20.4 Å². The van der Waals surface area contributed by atoms with Crippen molar-refractivity contribution in [1.82, 2.24) is 20.4 Å². The molecule has 0 aliphatic carbocycles. The maximum absolute atomic E-state index is 13.7. The van der Waals surface area contributed by atoms with Gasteiger partial charge in [-0.1, -0.05) is 29.4 Å². The van der Waals surface area contributed by atoms with Crippen molar-refractivity contribution in [1.29, 1.82) is 0 Å². The van der Waals surface area contributed by atoms with Crippen LogP contribution in [0.4, 0.5) is 4.39 Å². The van der Waals surface area contributed by atoms with E-state index in [1.807, 2.05) is 0 Å². The molecule has 0 radical (unpaired) electrons. The molecule has 0 saturated carbocycles. The van der Waals surface area contributed by atoms with E-state index >= 15 is 0 Å². The highest BCUT2D eigenvalue weighted by molar-refractivity contribution is 7.98. The van der Waals surface area contributed by atoms with Crippen molar-refractivity contribution < 1.29 is 13.2 Å². The minimum Gasteiger partial charge on any atom is -0.425 e. The van der Waals surface area contributed by atoms with Crippen LogP contribution < -0.4 is 0 Å². The number of nitrogens with zero attached hydrogens (tertiary/aromatic N) is 4. The van der Waals surface area contributed by atoms with Gasteiger partial charge < -0.3 is 8.83 Å². The Balaban J connectivity index is 1.66. The molecule has 9 heteroatoms. The lowest BCUT2D eigenvalue weighted by Crippen LogP contribution is -1.94. The zero-order valence-electron chi connectivity index (χ0n) is 11.4. The molecule has 3 rings (SSSR count).